The first kappa shape index (κ1) is 29.5. The van der Waals surface area contributed by atoms with Crippen molar-refractivity contribution in [3.05, 3.63) is 0 Å². The van der Waals surface area contributed by atoms with Gasteiger partial charge in [0.05, 0.1) is 6.10 Å². The van der Waals surface area contributed by atoms with Gasteiger partial charge in [-0.1, -0.05) is 0 Å². The fourth-order valence-corrected chi connectivity index (χ4v) is 3.21. The molecule has 0 aliphatic carbocycles. The molecule has 0 rings (SSSR count). The Morgan fingerprint density at radius 1 is 0.968 bits per heavy atom. The fourth-order valence-electron chi connectivity index (χ4n) is 2.48. The lowest BCUT2D eigenvalue weighted by Crippen LogP contribution is -2.58. The molecule has 180 valence electrons. The van der Waals surface area contributed by atoms with Crippen molar-refractivity contribution in [2.45, 2.75) is 62.9 Å². The highest BCUT2D eigenvalue weighted by Crippen LogP contribution is 2.05. The van der Waals surface area contributed by atoms with Crippen molar-refractivity contribution >= 4 is 48.1 Å². The number of thioether (sulfide) groups is 1. The van der Waals surface area contributed by atoms with Gasteiger partial charge in [-0.05, 0) is 51.2 Å². The quantitative estimate of drug-likeness (QED) is 0.0911. The van der Waals surface area contributed by atoms with Crippen molar-refractivity contribution in [1.29, 1.82) is 0 Å². The number of carboxylic acid groups (broad SMARTS) is 1. The molecule has 0 fully saturated rings. The molecule has 31 heavy (non-hydrogen) atoms. The summed E-state index contributed by atoms with van der Waals surface area (Å²) >= 11 is 5.53. The molecule has 0 aromatic rings. The zero-order valence-electron chi connectivity index (χ0n) is 17.9. The molecule has 3 amide bonds. The first-order valence-electron chi connectivity index (χ1n) is 9.96. The van der Waals surface area contributed by atoms with Crippen molar-refractivity contribution in [3.8, 4) is 0 Å². The van der Waals surface area contributed by atoms with Crippen LogP contribution in [0.4, 0.5) is 0 Å². The average molecular weight is 482 g/mol. The van der Waals surface area contributed by atoms with Crippen LogP contribution in [-0.4, -0.2) is 88.5 Å². The summed E-state index contributed by atoms with van der Waals surface area (Å²) in [5, 5.41) is 26.2. The third-order valence-corrected chi connectivity index (χ3v) is 5.45. The maximum Gasteiger partial charge on any atom is 0.326 e. The SMILES string of the molecule is CSCCC(NC(=O)C(N)C(C)O)C(=O)NC(CS)C(=O)NC(CCCCN)C(=O)O. The summed E-state index contributed by atoms with van der Waals surface area (Å²) in [6.45, 7) is 1.77. The van der Waals surface area contributed by atoms with E-state index in [4.69, 9.17) is 11.5 Å². The highest BCUT2D eigenvalue weighted by molar-refractivity contribution is 7.98. The van der Waals surface area contributed by atoms with Gasteiger partial charge in [0, 0.05) is 5.75 Å². The number of thiol groups is 1. The summed E-state index contributed by atoms with van der Waals surface area (Å²) in [4.78, 5) is 48.7. The van der Waals surface area contributed by atoms with Crippen molar-refractivity contribution in [2.75, 3.05) is 24.3 Å². The van der Waals surface area contributed by atoms with E-state index in [2.05, 4.69) is 28.6 Å². The van der Waals surface area contributed by atoms with Gasteiger partial charge in [-0.25, -0.2) is 4.79 Å². The van der Waals surface area contributed by atoms with E-state index in [-0.39, 0.29) is 18.6 Å². The number of nitrogens with one attached hydrogen (secondary N) is 3. The number of aliphatic hydroxyl groups is 1. The van der Waals surface area contributed by atoms with Gasteiger partial charge < -0.3 is 37.6 Å². The van der Waals surface area contributed by atoms with E-state index in [9.17, 15) is 29.4 Å². The summed E-state index contributed by atoms with van der Waals surface area (Å²) in [5.41, 5.74) is 11.0. The lowest BCUT2D eigenvalue weighted by Gasteiger charge is -2.25. The topological polar surface area (TPSA) is 197 Å². The molecule has 0 aliphatic heterocycles. The summed E-state index contributed by atoms with van der Waals surface area (Å²) in [5.74, 6) is -2.75. The zero-order valence-corrected chi connectivity index (χ0v) is 19.6. The number of carboxylic acids is 1. The van der Waals surface area contributed by atoms with Crippen LogP contribution in [-0.2, 0) is 19.2 Å². The lowest BCUT2D eigenvalue weighted by molar-refractivity contribution is -0.142. The smallest absolute Gasteiger partial charge is 0.326 e. The number of hydrogen-bond donors (Lipinski definition) is 8. The third kappa shape index (κ3) is 11.6. The van der Waals surface area contributed by atoms with Crippen LogP contribution in [0.15, 0.2) is 0 Å². The fraction of sp³-hybridized carbons (Fsp3) is 0.778. The molecule has 5 unspecified atom stereocenters. The summed E-state index contributed by atoms with van der Waals surface area (Å²) in [6.07, 6.45) is 2.35. The molecule has 5 atom stereocenters. The van der Waals surface area contributed by atoms with Gasteiger partial charge in [0.15, 0.2) is 0 Å². The normalized spacial score (nSPS) is 15.8. The largest absolute Gasteiger partial charge is 0.480 e. The number of amides is 3. The van der Waals surface area contributed by atoms with Crippen molar-refractivity contribution in [1.82, 2.24) is 16.0 Å². The molecule has 0 saturated heterocycles. The van der Waals surface area contributed by atoms with Crippen LogP contribution in [0.1, 0.15) is 32.6 Å². The summed E-state index contributed by atoms with van der Waals surface area (Å²) in [7, 11) is 0. The molecule has 0 spiro atoms. The van der Waals surface area contributed by atoms with Gasteiger partial charge in [-0.3, -0.25) is 14.4 Å². The molecule has 13 heteroatoms. The van der Waals surface area contributed by atoms with Gasteiger partial charge in [0.1, 0.15) is 24.2 Å². The molecular weight excluding hydrogens is 446 g/mol. The van der Waals surface area contributed by atoms with E-state index in [1.807, 2.05) is 6.26 Å². The Labute approximate surface area is 192 Å². The number of hydrogen-bond acceptors (Lipinski definition) is 9. The average Bonchev–Trinajstić information content (AvgIpc) is 2.72. The Kier molecular flexibility index (Phi) is 15.3. The first-order valence-corrected chi connectivity index (χ1v) is 12.0. The Morgan fingerprint density at radius 3 is 2.00 bits per heavy atom. The van der Waals surface area contributed by atoms with Crippen LogP contribution < -0.4 is 27.4 Å². The van der Waals surface area contributed by atoms with Crippen LogP contribution in [0.2, 0.25) is 0 Å². The highest BCUT2D eigenvalue weighted by Gasteiger charge is 2.30. The van der Waals surface area contributed by atoms with E-state index in [1.54, 1.807) is 0 Å². The molecule has 0 bridgehead atoms. The molecule has 11 nitrogen and oxygen atoms in total. The van der Waals surface area contributed by atoms with Gasteiger partial charge in [-0.2, -0.15) is 24.4 Å². The molecule has 0 radical (unpaired) electrons. The van der Waals surface area contributed by atoms with Gasteiger partial charge in [0.2, 0.25) is 17.7 Å². The van der Waals surface area contributed by atoms with E-state index in [0.29, 0.717) is 25.1 Å². The Bertz CT molecular complexity index is 596. The molecule has 9 N–H and O–H groups in total. The van der Waals surface area contributed by atoms with E-state index < -0.39 is 54.0 Å². The molecule has 0 heterocycles. The number of nitrogens with two attached hydrogens (primary N) is 2. The minimum atomic E-state index is -1.21. The number of unbranched alkanes of at least 4 members (excludes halogenated alkanes) is 1. The van der Waals surface area contributed by atoms with Gasteiger partial charge >= 0.3 is 5.97 Å². The van der Waals surface area contributed by atoms with E-state index >= 15 is 0 Å². The summed E-state index contributed by atoms with van der Waals surface area (Å²) < 4.78 is 0. The second kappa shape index (κ2) is 16.1. The minimum Gasteiger partial charge on any atom is -0.480 e. The van der Waals surface area contributed by atoms with Crippen LogP contribution in [0.5, 0.6) is 0 Å². The van der Waals surface area contributed by atoms with Crippen LogP contribution in [0, 0.1) is 0 Å². The van der Waals surface area contributed by atoms with Crippen molar-refractivity contribution < 1.29 is 29.4 Å². The predicted molar refractivity (Wildman–Crippen MR) is 123 cm³/mol. The predicted octanol–water partition coefficient (Wildman–Crippen LogP) is -1.95. The van der Waals surface area contributed by atoms with Gasteiger partial charge in [0.25, 0.3) is 0 Å². The maximum atomic E-state index is 12.7. The molecule has 0 aromatic heterocycles. The second-order valence-corrected chi connectivity index (χ2v) is 8.39. The first-order chi connectivity index (χ1) is 14.6. The Morgan fingerprint density at radius 2 is 1.52 bits per heavy atom. The monoisotopic (exact) mass is 481 g/mol. The Balaban J connectivity index is 5.13. The molecule has 0 aromatic carbocycles. The number of carbonyl (C=O) groups is 4. The minimum absolute atomic E-state index is 0.0803. The van der Waals surface area contributed by atoms with Crippen LogP contribution in [0.25, 0.3) is 0 Å². The maximum absolute atomic E-state index is 12.7. The van der Waals surface area contributed by atoms with Crippen molar-refractivity contribution in [3.63, 3.8) is 0 Å². The molecular formula is C18H35N5O6S2. The van der Waals surface area contributed by atoms with E-state index in [1.165, 1.54) is 18.7 Å². The molecule has 0 aliphatic rings. The van der Waals surface area contributed by atoms with Crippen LogP contribution >= 0.6 is 24.4 Å². The second-order valence-electron chi connectivity index (χ2n) is 7.04. The number of rotatable bonds is 16. The standard InChI is InChI=1S/C18H35N5O6S2/c1-10(24)14(20)17(27)21-11(6-8-31-2)15(25)23-13(9-30)16(26)22-12(18(28)29)5-3-4-7-19/h10-14,24,30H,3-9,19-20H2,1-2H3,(H,21,27)(H,22,26)(H,23,25)(H,28,29). The van der Waals surface area contributed by atoms with Gasteiger partial charge in [-0.15, -0.1) is 0 Å². The van der Waals surface area contributed by atoms with Crippen molar-refractivity contribution in [2.24, 2.45) is 11.5 Å². The number of carbonyl (C=O) groups excluding carboxylic acids is 3. The lowest BCUT2D eigenvalue weighted by atomic mass is 10.1. The third-order valence-electron chi connectivity index (χ3n) is 4.44. The number of aliphatic carboxylic acids is 1. The zero-order chi connectivity index (χ0) is 24.0. The van der Waals surface area contributed by atoms with Crippen LogP contribution in [0.3, 0.4) is 0 Å². The van der Waals surface area contributed by atoms with E-state index in [0.717, 1.165) is 0 Å². The Hall–Kier alpha value is -1.54. The highest BCUT2D eigenvalue weighted by atomic mass is 32.2. The molecule has 0 saturated carbocycles. The number of aliphatic hydroxyl groups excluding tert-OH is 1. The summed E-state index contributed by atoms with van der Waals surface area (Å²) in [6, 6.07) is -4.42.